The highest BCUT2D eigenvalue weighted by molar-refractivity contribution is 5.70. The Labute approximate surface area is 135 Å². The van der Waals surface area contributed by atoms with Crippen molar-refractivity contribution >= 4 is 5.97 Å². The Hall–Kier alpha value is -1.69. The number of nitrogens with zero attached hydrogens (tertiary/aromatic N) is 1. The summed E-state index contributed by atoms with van der Waals surface area (Å²) < 4.78 is 29.4. The number of hydrogen-bond acceptors (Lipinski definition) is 3. The minimum absolute atomic E-state index is 0.221. The molecule has 0 radical (unpaired) electrons. The van der Waals surface area contributed by atoms with E-state index < -0.39 is 12.6 Å². The fourth-order valence-corrected chi connectivity index (χ4v) is 3.24. The molecular weight excluding hydrogens is 304 g/mol. The van der Waals surface area contributed by atoms with E-state index in [1.54, 1.807) is 13.8 Å². The number of aliphatic carboxylic acids is 1. The first kappa shape index (κ1) is 17.7. The van der Waals surface area contributed by atoms with Gasteiger partial charge in [0.05, 0.1) is 5.92 Å². The Bertz CT molecular complexity index is 554. The lowest BCUT2D eigenvalue weighted by atomic mass is 9.93. The molecule has 1 fully saturated rings. The van der Waals surface area contributed by atoms with Crippen LogP contribution in [-0.4, -0.2) is 35.2 Å². The number of ether oxygens (including phenoxy) is 1. The number of piperidine rings is 1. The zero-order valence-corrected chi connectivity index (χ0v) is 13.7. The highest BCUT2D eigenvalue weighted by atomic mass is 19.3. The zero-order valence-electron chi connectivity index (χ0n) is 13.7. The number of aryl methyl sites for hydroxylation is 2. The van der Waals surface area contributed by atoms with E-state index in [0.717, 1.165) is 12.0 Å². The van der Waals surface area contributed by atoms with E-state index in [2.05, 4.69) is 16.6 Å². The topological polar surface area (TPSA) is 49.8 Å². The number of benzene rings is 1. The molecule has 1 aromatic rings. The third-order valence-electron chi connectivity index (χ3n) is 4.47. The van der Waals surface area contributed by atoms with Gasteiger partial charge in [0, 0.05) is 19.1 Å². The number of carboxylic acid groups (broad SMARTS) is 1. The molecule has 0 amide bonds. The van der Waals surface area contributed by atoms with Crippen molar-refractivity contribution in [2.45, 2.75) is 52.8 Å². The monoisotopic (exact) mass is 327 g/mol. The van der Waals surface area contributed by atoms with Crippen LogP contribution in [0.2, 0.25) is 0 Å². The predicted octanol–water partition coefficient (Wildman–Crippen LogP) is 3.59. The van der Waals surface area contributed by atoms with Gasteiger partial charge in [-0.05, 0) is 50.3 Å². The van der Waals surface area contributed by atoms with Crippen molar-refractivity contribution in [1.29, 1.82) is 0 Å². The van der Waals surface area contributed by atoms with E-state index in [1.807, 2.05) is 12.1 Å². The van der Waals surface area contributed by atoms with E-state index in [-0.39, 0.29) is 11.7 Å². The summed E-state index contributed by atoms with van der Waals surface area (Å²) in [4.78, 5) is 13.3. The molecule has 2 rings (SSSR count). The molecule has 0 spiro atoms. The summed E-state index contributed by atoms with van der Waals surface area (Å²) in [5, 5.41) is 9.20. The Morgan fingerprint density at radius 2 is 1.96 bits per heavy atom. The Kier molecular flexibility index (Phi) is 5.57. The van der Waals surface area contributed by atoms with Gasteiger partial charge in [-0.25, -0.2) is 0 Å². The summed E-state index contributed by atoms with van der Waals surface area (Å²) in [5.74, 6) is -0.872. The van der Waals surface area contributed by atoms with E-state index in [4.69, 9.17) is 0 Å². The summed E-state index contributed by atoms with van der Waals surface area (Å²) in [7, 11) is 0. The minimum atomic E-state index is -2.84. The normalized spacial score (nSPS) is 22.3. The molecule has 0 aliphatic carbocycles. The van der Waals surface area contributed by atoms with Crippen LogP contribution in [0.15, 0.2) is 12.1 Å². The first-order valence-corrected chi connectivity index (χ1v) is 7.79. The number of hydrogen-bond donors (Lipinski definition) is 1. The van der Waals surface area contributed by atoms with Crippen molar-refractivity contribution in [3.05, 3.63) is 28.8 Å². The second kappa shape index (κ2) is 7.25. The van der Waals surface area contributed by atoms with Gasteiger partial charge in [-0.3, -0.25) is 9.69 Å². The van der Waals surface area contributed by atoms with Gasteiger partial charge in [0.2, 0.25) is 0 Å². The van der Waals surface area contributed by atoms with Crippen molar-refractivity contribution in [1.82, 2.24) is 4.90 Å². The molecule has 6 heteroatoms. The quantitative estimate of drug-likeness (QED) is 0.898. The third kappa shape index (κ3) is 4.41. The van der Waals surface area contributed by atoms with E-state index in [9.17, 15) is 18.7 Å². The van der Waals surface area contributed by atoms with Gasteiger partial charge in [0.1, 0.15) is 5.75 Å². The lowest BCUT2D eigenvalue weighted by Crippen LogP contribution is -2.43. The number of halogens is 2. The fraction of sp³-hybridized carbons (Fsp3) is 0.588. The number of likely N-dealkylation sites (tertiary alicyclic amines) is 1. The molecule has 2 unspecified atom stereocenters. The molecule has 1 heterocycles. The van der Waals surface area contributed by atoms with Crippen LogP contribution in [0.1, 0.15) is 36.5 Å². The molecule has 1 aliphatic heterocycles. The maximum absolute atomic E-state index is 12.4. The smallest absolute Gasteiger partial charge is 0.387 e. The van der Waals surface area contributed by atoms with Gasteiger partial charge in [0.15, 0.2) is 0 Å². The van der Waals surface area contributed by atoms with Gasteiger partial charge in [0.25, 0.3) is 0 Å². The molecule has 23 heavy (non-hydrogen) atoms. The van der Waals surface area contributed by atoms with Crippen LogP contribution in [0.3, 0.4) is 0 Å². The van der Waals surface area contributed by atoms with Crippen molar-refractivity contribution < 1.29 is 23.4 Å². The van der Waals surface area contributed by atoms with Crippen LogP contribution in [-0.2, 0) is 11.3 Å². The van der Waals surface area contributed by atoms with Gasteiger partial charge >= 0.3 is 12.6 Å². The molecule has 2 atom stereocenters. The summed E-state index contributed by atoms with van der Waals surface area (Å²) in [6.07, 6.45) is 1.55. The predicted molar refractivity (Wildman–Crippen MR) is 82.8 cm³/mol. The van der Waals surface area contributed by atoms with E-state index in [0.29, 0.717) is 36.7 Å². The van der Waals surface area contributed by atoms with Crippen molar-refractivity contribution in [2.24, 2.45) is 5.92 Å². The van der Waals surface area contributed by atoms with Gasteiger partial charge in [-0.2, -0.15) is 8.78 Å². The molecule has 1 aliphatic rings. The van der Waals surface area contributed by atoms with Crippen molar-refractivity contribution in [2.75, 3.05) is 6.54 Å². The van der Waals surface area contributed by atoms with Crippen LogP contribution in [0.5, 0.6) is 5.75 Å². The Balaban J connectivity index is 2.14. The van der Waals surface area contributed by atoms with Crippen LogP contribution < -0.4 is 4.74 Å². The zero-order chi connectivity index (χ0) is 17.1. The molecule has 0 bridgehead atoms. The number of alkyl halides is 2. The number of rotatable bonds is 5. The van der Waals surface area contributed by atoms with E-state index >= 15 is 0 Å². The van der Waals surface area contributed by atoms with Crippen LogP contribution in [0.4, 0.5) is 8.78 Å². The highest BCUT2D eigenvalue weighted by Crippen LogP contribution is 2.29. The minimum Gasteiger partial charge on any atom is -0.481 e. The molecule has 0 aromatic heterocycles. The molecule has 4 nitrogen and oxygen atoms in total. The maximum atomic E-state index is 12.4. The van der Waals surface area contributed by atoms with E-state index in [1.165, 1.54) is 0 Å². The third-order valence-corrected chi connectivity index (χ3v) is 4.47. The average molecular weight is 327 g/mol. The second-order valence-electron chi connectivity index (χ2n) is 6.33. The van der Waals surface area contributed by atoms with Crippen LogP contribution >= 0.6 is 0 Å². The maximum Gasteiger partial charge on any atom is 0.387 e. The molecule has 1 N–H and O–H groups in total. The first-order valence-electron chi connectivity index (χ1n) is 7.79. The van der Waals surface area contributed by atoms with Crippen LogP contribution in [0, 0.1) is 19.8 Å². The largest absolute Gasteiger partial charge is 0.481 e. The average Bonchev–Trinajstić information content (AvgIpc) is 2.45. The molecule has 0 saturated carbocycles. The molecular formula is C17H23F2NO3. The van der Waals surface area contributed by atoms with Gasteiger partial charge < -0.3 is 9.84 Å². The SMILES string of the molecule is Cc1cc(CN2CC(C(=O)O)CCC2C)cc(C)c1OC(F)F. The summed E-state index contributed by atoms with van der Waals surface area (Å²) in [6.45, 7) is 3.87. The standard InChI is InChI=1S/C17H23F2NO3/c1-10-6-13(7-11(2)15(10)23-17(18)19)8-20-9-14(16(21)22)5-4-12(20)3/h6-7,12,14,17H,4-5,8-9H2,1-3H3,(H,21,22). The Morgan fingerprint density at radius 3 is 2.48 bits per heavy atom. The summed E-state index contributed by atoms with van der Waals surface area (Å²) >= 11 is 0. The van der Waals surface area contributed by atoms with Crippen LogP contribution in [0.25, 0.3) is 0 Å². The van der Waals surface area contributed by atoms with Crippen molar-refractivity contribution in [3.63, 3.8) is 0 Å². The lowest BCUT2D eigenvalue weighted by molar-refractivity contribution is -0.144. The first-order chi connectivity index (χ1) is 10.8. The fourth-order valence-electron chi connectivity index (χ4n) is 3.24. The molecule has 128 valence electrons. The number of carboxylic acids is 1. The van der Waals surface area contributed by atoms with Gasteiger partial charge in [-0.15, -0.1) is 0 Å². The summed E-state index contributed by atoms with van der Waals surface area (Å²) in [5.41, 5.74) is 2.32. The molecule has 1 aromatic carbocycles. The Morgan fingerprint density at radius 1 is 1.35 bits per heavy atom. The summed E-state index contributed by atoms with van der Waals surface area (Å²) in [6, 6.07) is 3.98. The van der Waals surface area contributed by atoms with Crippen molar-refractivity contribution in [3.8, 4) is 5.75 Å². The van der Waals surface area contributed by atoms with Gasteiger partial charge in [-0.1, -0.05) is 12.1 Å². The highest BCUT2D eigenvalue weighted by Gasteiger charge is 2.29. The lowest BCUT2D eigenvalue weighted by Gasteiger charge is -2.36. The molecule has 1 saturated heterocycles. The number of carbonyl (C=O) groups is 1. The second-order valence-corrected chi connectivity index (χ2v) is 6.33.